The number of phosphoric ester groups is 2. The number of aliphatic hydroxyl groups is 1. The molecule has 19 heteroatoms. The molecule has 0 saturated heterocycles. The summed E-state index contributed by atoms with van der Waals surface area (Å²) in [6.07, 6.45) is 73.9. The van der Waals surface area contributed by atoms with E-state index in [1.807, 2.05) is 0 Å². The summed E-state index contributed by atoms with van der Waals surface area (Å²) in [6.45, 7) is 4.95. The molecule has 0 saturated carbocycles. The molecule has 0 rings (SSSR count). The van der Waals surface area contributed by atoms with Crippen LogP contribution in [0.4, 0.5) is 0 Å². The van der Waals surface area contributed by atoms with E-state index >= 15 is 0 Å². The van der Waals surface area contributed by atoms with Crippen LogP contribution in [0.1, 0.15) is 413 Å². The lowest BCUT2D eigenvalue weighted by atomic mass is 10.0. The summed E-state index contributed by atoms with van der Waals surface area (Å²) in [5.41, 5.74) is 0. The molecule has 0 amide bonds. The zero-order valence-corrected chi connectivity index (χ0v) is 67.6. The number of esters is 4. The smallest absolute Gasteiger partial charge is 0.462 e. The fourth-order valence-electron chi connectivity index (χ4n) is 12.1. The van der Waals surface area contributed by atoms with Gasteiger partial charge >= 0.3 is 39.5 Å². The zero-order chi connectivity index (χ0) is 74.6. The first-order valence-electron chi connectivity index (χ1n) is 42.2. The van der Waals surface area contributed by atoms with Gasteiger partial charge in [-0.2, -0.15) is 0 Å². The molecule has 2 unspecified atom stereocenters. The van der Waals surface area contributed by atoms with Crippen molar-refractivity contribution in [1.29, 1.82) is 0 Å². The van der Waals surface area contributed by atoms with Gasteiger partial charge in [-0.3, -0.25) is 37.3 Å². The van der Waals surface area contributed by atoms with Crippen LogP contribution in [0, 0.1) is 0 Å². The van der Waals surface area contributed by atoms with E-state index in [-0.39, 0.29) is 25.7 Å². The first-order chi connectivity index (χ1) is 49.7. The number of hydrogen-bond donors (Lipinski definition) is 3. The molecule has 0 aromatic rings. The van der Waals surface area contributed by atoms with E-state index in [0.717, 1.165) is 135 Å². The number of rotatable bonds is 81. The molecule has 0 heterocycles. The quantitative estimate of drug-likeness (QED) is 0.0169. The average molecular weight is 1490 g/mol. The number of carbonyl (C=O) groups excluding carboxylic acids is 4. The van der Waals surface area contributed by atoms with Crippen molar-refractivity contribution in [2.24, 2.45) is 0 Å². The standard InChI is InChI=1S/C83H156O17P2/c1-5-9-13-17-21-25-29-33-37-38-42-46-50-54-58-62-66-70-83(88)100-79(74-94-81(86)68-64-60-56-52-48-44-40-35-31-27-23-19-15-11-7-3)76-98-102(91,92)96-72-77(84)71-95-101(89,90)97-75-78(99-82(87)69-65-61-57-53-49-45-41-36-32-28-24-20-16-12-8-4)73-93-80(85)67-63-59-55-51-47-43-39-34-30-26-22-18-14-10-6-2/h22,26,34-35,39-40,77-79,84H,5-21,23-25,27-33,36-38,41-76H2,1-4H3,(H,89,90)(H,91,92)/b26-22-,39-34-,40-35-/t77-,78-,79-/m1/s1. The SMILES string of the molecule is CCCCC/C=C\C/C=C\CCCCCCCC(=O)OC[C@H](COP(=O)(O)OC[C@@H](O)COP(=O)(O)OC[C@@H](COC(=O)CCCCCCC/C=C\CCCCCCCC)OC(=O)CCCCCCCCCCCCCCCCCCC)OC(=O)CCCCCCCCCCCCCCCCC. The molecule has 5 atom stereocenters. The van der Waals surface area contributed by atoms with Gasteiger partial charge in [0.1, 0.15) is 19.3 Å². The van der Waals surface area contributed by atoms with Gasteiger partial charge in [0.15, 0.2) is 12.2 Å². The highest BCUT2D eigenvalue weighted by atomic mass is 31.2. The number of hydrogen-bond acceptors (Lipinski definition) is 15. The van der Waals surface area contributed by atoms with Gasteiger partial charge in [-0.1, -0.05) is 340 Å². The molecule has 102 heavy (non-hydrogen) atoms. The van der Waals surface area contributed by atoms with Crippen LogP contribution in [0.5, 0.6) is 0 Å². The van der Waals surface area contributed by atoms with E-state index in [0.29, 0.717) is 25.7 Å². The van der Waals surface area contributed by atoms with Gasteiger partial charge in [0.05, 0.1) is 26.4 Å². The minimum Gasteiger partial charge on any atom is -0.462 e. The molecule has 0 aliphatic rings. The Kier molecular flexibility index (Phi) is 74.4. The Balaban J connectivity index is 5.32. The normalized spacial score (nSPS) is 14.0. The van der Waals surface area contributed by atoms with E-state index in [9.17, 15) is 43.2 Å². The second-order valence-corrected chi connectivity index (χ2v) is 31.7. The molecule has 3 N–H and O–H groups in total. The lowest BCUT2D eigenvalue weighted by Gasteiger charge is -2.21. The number of unbranched alkanes of at least 4 members (excludes halogenated alkanes) is 49. The Hall–Kier alpha value is -2.72. The molecule has 0 bridgehead atoms. The van der Waals surface area contributed by atoms with Crippen molar-refractivity contribution in [1.82, 2.24) is 0 Å². The second kappa shape index (κ2) is 76.5. The number of aliphatic hydroxyl groups excluding tert-OH is 1. The van der Waals surface area contributed by atoms with Gasteiger partial charge in [-0.05, 0) is 83.5 Å². The summed E-state index contributed by atoms with van der Waals surface area (Å²) < 4.78 is 68.8. The summed E-state index contributed by atoms with van der Waals surface area (Å²) in [6, 6.07) is 0. The summed E-state index contributed by atoms with van der Waals surface area (Å²) >= 11 is 0. The molecule has 0 fully saturated rings. The van der Waals surface area contributed by atoms with Gasteiger partial charge < -0.3 is 33.8 Å². The molecule has 0 aromatic heterocycles. The van der Waals surface area contributed by atoms with E-state index in [2.05, 4.69) is 64.2 Å². The van der Waals surface area contributed by atoms with Gasteiger partial charge in [0, 0.05) is 25.7 Å². The molecule has 0 aliphatic heterocycles. The van der Waals surface area contributed by atoms with Gasteiger partial charge in [-0.25, -0.2) is 9.13 Å². The predicted molar refractivity (Wildman–Crippen MR) is 418 cm³/mol. The van der Waals surface area contributed by atoms with E-state index in [1.165, 1.54) is 199 Å². The lowest BCUT2D eigenvalue weighted by Crippen LogP contribution is -2.30. The molecule has 17 nitrogen and oxygen atoms in total. The molecule has 0 aromatic carbocycles. The molecule has 0 radical (unpaired) electrons. The Morgan fingerprint density at radius 2 is 0.480 bits per heavy atom. The minimum atomic E-state index is -4.97. The highest BCUT2D eigenvalue weighted by molar-refractivity contribution is 7.47. The van der Waals surface area contributed by atoms with Crippen molar-refractivity contribution in [2.45, 2.75) is 431 Å². The summed E-state index contributed by atoms with van der Waals surface area (Å²) in [5.74, 6) is -2.15. The highest BCUT2D eigenvalue weighted by Crippen LogP contribution is 2.45. The number of allylic oxidation sites excluding steroid dienone is 6. The van der Waals surface area contributed by atoms with Crippen molar-refractivity contribution in [3.63, 3.8) is 0 Å². The first kappa shape index (κ1) is 99.3. The molecular weight excluding hydrogens is 1330 g/mol. The fourth-order valence-corrected chi connectivity index (χ4v) is 13.7. The highest BCUT2D eigenvalue weighted by Gasteiger charge is 2.30. The van der Waals surface area contributed by atoms with Crippen molar-refractivity contribution in [3.05, 3.63) is 36.5 Å². The van der Waals surface area contributed by atoms with Crippen LogP contribution in [-0.2, 0) is 65.4 Å². The third-order valence-electron chi connectivity index (χ3n) is 18.6. The molecular formula is C83H156O17P2. The van der Waals surface area contributed by atoms with E-state index < -0.39 is 97.5 Å². The predicted octanol–water partition coefficient (Wildman–Crippen LogP) is 24.7. The van der Waals surface area contributed by atoms with Crippen LogP contribution >= 0.6 is 15.6 Å². The Morgan fingerprint density at radius 1 is 0.275 bits per heavy atom. The van der Waals surface area contributed by atoms with Crippen LogP contribution in [0.3, 0.4) is 0 Å². The largest absolute Gasteiger partial charge is 0.472 e. The van der Waals surface area contributed by atoms with Crippen molar-refractivity contribution >= 4 is 39.5 Å². The van der Waals surface area contributed by atoms with E-state index in [1.54, 1.807) is 0 Å². The summed E-state index contributed by atoms with van der Waals surface area (Å²) in [4.78, 5) is 73.1. The number of phosphoric acid groups is 2. The van der Waals surface area contributed by atoms with Gasteiger partial charge in [0.25, 0.3) is 0 Å². The van der Waals surface area contributed by atoms with Crippen molar-refractivity contribution in [3.8, 4) is 0 Å². The van der Waals surface area contributed by atoms with Crippen LogP contribution in [0.15, 0.2) is 36.5 Å². The summed E-state index contributed by atoms with van der Waals surface area (Å²) in [5, 5.41) is 10.7. The number of ether oxygens (including phenoxy) is 4. The summed E-state index contributed by atoms with van der Waals surface area (Å²) in [7, 11) is -9.94. The van der Waals surface area contributed by atoms with E-state index in [4.69, 9.17) is 37.0 Å². The molecule has 600 valence electrons. The van der Waals surface area contributed by atoms with Gasteiger partial charge in [0.2, 0.25) is 0 Å². The topological polar surface area (TPSA) is 237 Å². The second-order valence-electron chi connectivity index (χ2n) is 28.8. The monoisotopic (exact) mass is 1490 g/mol. The van der Waals surface area contributed by atoms with Gasteiger partial charge in [-0.15, -0.1) is 0 Å². The maximum Gasteiger partial charge on any atom is 0.472 e. The van der Waals surface area contributed by atoms with Crippen molar-refractivity contribution in [2.75, 3.05) is 39.6 Å². The average Bonchev–Trinajstić information content (AvgIpc) is 0.922. The van der Waals surface area contributed by atoms with Crippen LogP contribution in [-0.4, -0.2) is 96.7 Å². The third kappa shape index (κ3) is 75.5. The maximum atomic E-state index is 13.1. The van der Waals surface area contributed by atoms with Crippen LogP contribution in [0.2, 0.25) is 0 Å². The maximum absolute atomic E-state index is 13.1. The van der Waals surface area contributed by atoms with Crippen molar-refractivity contribution < 1.29 is 80.2 Å². The Morgan fingerprint density at radius 3 is 0.755 bits per heavy atom. The molecule has 0 aliphatic carbocycles. The third-order valence-corrected chi connectivity index (χ3v) is 20.5. The number of carbonyl (C=O) groups is 4. The minimum absolute atomic E-state index is 0.101. The Labute approximate surface area is 624 Å². The van der Waals surface area contributed by atoms with Crippen LogP contribution < -0.4 is 0 Å². The Bertz CT molecular complexity index is 2070. The fraction of sp³-hybridized carbons (Fsp3) is 0.880. The van der Waals surface area contributed by atoms with Crippen LogP contribution in [0.25, 0.3) is 0 Å². The zero-order valence-electron chi connectivity index (χ0n) is 65.8. The molecule has 0 spiro atoms. The lowest BCUT2D eigenvalue weighted by molar-refractivity contribution is -0.161. The first-order valence-corrected chi connectivity index (χ1v) is 45.2.